The van der Waals surface area contributed by atoms with Crippen molar-refractivity contribution in [2.75, 3.05) is 0 Å². The summed E-state index contributed by atoms with van der Waals surface area (Å²) in [5.41, 5.74) is 0.231. The summed E-state index contributed by atoms with van der Waals surface area (Å²) < 4.78 is 0. The number of nitrogens with zero attached hydrogens (tertiary/aromatic N) is 1. The lowest BCUT2D eigenvalue weighted by molar-refractivity contribution is 0.101. The van der Waals surface area contributed by atoms with Crippen molar-refractivity contribution < 1.29 is 9.90 Å². The molecule has 0 aliphatic rings. The molecule has 0 atom stereocenters. The zero-order valence-corrected chi connectivity index (χ0v) is 4.88. The topological polar surface area (TPSA) is 66.0 Å². The van der Waals surface area contributed by atoms with E-state index in [0.717, 1.165) is 0 Å². The number of ketones is 1. The van der Waals surface area contributed by atoms with E-state index in [9.17, 15) is 4.79 Å². The molecule has 0 spiro atoms. The van der Waals surface area contributed by atoms with E-state index in [4.69, 9.17) is 5.11 Å². The molecule has 0 bridgehead atoms. The highest BCUT2D eigenvalue weighted by Gasteiger charge is 2.06. The fourth-order valence-corrected chi connectivity index (χ4v) is 0.542. The van der Waals surface area contributed by atoms with Gasteiger partial charge in [-0.1, -0.05) is 0 Å². The first kappa shape index (κ1) is 5.81. The number of nitrogens with one attached hydrogen (secondary N) is 1. The van der Waals surface area contributed by atoms with Crippen molar-refractivity contribution in [1.29, 1.82) is 0 Å². The molecule has 0 amide bonds. The number of hydrogen-bond acceptors (Lipinski definition) is 3. The van der Waals surface area contributed by atoms with E-state index < -0.39 is 0 Å². The SMILES string of the molecule is CC(=O)c1c[nH]nc1O. The summed E-state index contributed by atoms with van der Waals surface area (Å²) in [5.74, 6) is -0.427. The number of carbonyl (C=O) groups excluding carboxylic acids is 1. The molecule has 4 nitrogen and oxygen atoms in total. The van der Waals surface area contributed by atoms with Crippen molar-refractivity contribution >= 4 is 5.78 Å². The summed E-state index contributed by atoms with van der Waals surface area (Å²) in [6, 6.07) is 0. The first-order valence-electron chi connectivity index (χ1n) is 2.45. The summed E-state index contributed by atoms with van der Waals surface area (Å²) in [4.78, 5) is 10.5. The highest BCUT2D eigenvalue weighted by molar-refractivity contribution is 5.95. The van der Waals surface area contributed by atoms with Gasteiger partial charge in [0.05, 0.1) is 5.56 Å². The van der Waals surface area contributed by atoms with Crippen LogP contribution in [0.25, 0.3) is 0 Å². The van der Waals surface area contributed by atoms with Crippen molar-refractivity contribution in [2.45, 2.75) is 6.92 Å². The van der Waals surface area contributed by atoms with Crippen LogP contribution in [0.4, 0.5) is 0 Å². The lowest BCUT2D eigenvalue weighted by atomic mass is 10.2. The van der Waals surface area contributed by atoms with E-state index in [-0.39, 0.29) is 17.2 Å². The van der Waals surface area contributed by atoms with E-state index in [0.29, 0.717) is 0 Å². The molecule has 0 aromatic carbocycles. The van der Waals surface area contributed by atoms with Gasteiger partial charge < -0.3 is 5.11 Å². The van der Waals surface area contributed by atoms with E-state index in [1.807, 2.05) is 0 Å². The van der Waals surface area contributed by atoms with Crippen LogP contribution in [0.3, 0.4) is 0 Å². The molecular weight excluding hydrogens is 120 g/mol. The van der Waals surface area contributed by atoms with Crippen LogP contribution in [0.1, 0.15) is 17.3 Å². The Morgan fingerprint density at radius 1 is 1.89 bits per heavy atom. The van der Waals surface area contributed by atoms with Gasteiger partial charge in [-0.05, 0) is 6.92 Å². The summed E-state index contributed by atoms with van der Waals surface area (Å²) in [6.07, 6.45) is 1.36. The van der Waals surface area contributed by atoms with Crippen LogP contribution in [0.2, 0.25) is 0 Å². The highest BCUT2D eigenvalue weighted by Crippen LogP contribution is 2.10. The summed E-state index contributed by atoms with van der Waals surface area (Å²) in [7, 11) is 0. The number of H-pyrrole nitrogens is 1. The van der Waals surface area contributed by atoms with E-state index in [1.165, 1.54) is 13.1 Å². The van der Waals surface area contributed by atoms with E-state index in [2.05, 4.69) is 10.2 Å². The van der Waals surface area contributed by atoms with Crippen LogP contribution in [-0.2, 0) is 0 Å². The minimum Gasteiger partial charge on any atom is -0.492 e. The number of rotatable bonds is 1. The van der Waals surface area contributed by atoms with Crippen LogP contribution in [0, 0.1) is 0 Å². The van der Waals surface area contributed by atoms with Gasteiger partial charge in [0.2, 0.25) is 5.88 Å². The van der Waals surface area contributed by atoms with Crippen molar-refractivity contribution in [2.24, 2.45) is 0 Å². The van der Waals surface area contributed by atoms with Gasteiger partial charge in [0.1, 0.15) is 0 Å². The van der Waals surface area contributed by atoms with E-state index >= 15 is 0 Å². The predicted octanol–water partition coefficient (Wildman–Crippen LogP) is 0.318. The number of carbonyl (C=O) groups is 1. The van der Waals surface area contributed by atoms with Gasteiger partial charge in [0, 0.05) is 6.20 Å². The average Bonchev–Trinajstić information content (AvgIpc) is 2.13. The summed E-state index contributed by atoms with van der Waals surface area (Å²) in [5, 5.41) is 14.5. The Kier molecular flexibility index (Phi) is 1.22. The standard InChI is InChI=1S/C5H6N2O2/c1-3(8)4-2-6-7-5(4)9/h2H,1H3,(H2,6,7,9). The maximum Gasteiger partial charge on any atom is 0.241 e. The molecule has 0 saturated heterocycles. The molecule has 1 rings (SSSR count). The Hall–Kier alpha value is -1.32. The molecule has 1 heterocycles. The Labute approximate surface area is 51.5 Å². The van der Waals surface area contributed by atoms with Crippen LogP contribution in [-0.4, -0.2) is 21.1 Å². The second kappa shape index (κ2) is 1.89. The largest absolute Gasteiger partial charge is 0.492 e. The maximum atomic E-state index is 10.5. The molecule has 9 heavy (non-hydrogen) atoms. The first-order valence-corrected chi connectivity index (χ1v) is 2.45. The van der Waals surface area contributed by atoms with Gasteiger partial charge in [-0.2, -0.15) is 0 Å². The molecule has 0 saturated carbocycles. The molecule has 1 aromatic rings. The molecule has 48 valence electrons. The molecule has 0 aliphatic heterocycles. The number of aromatic amines is 1. The second-order valence-electron chi connectivity index (χ2n) is 1.68. The Morgan fingerprint density at radius 3 is 2.78 bits per heavy atom. The van der Waals surface area contributed by atoms with Crippen molar-refractivity contribution in [3.63, 3.8) is 0 Å². The third kappa shape index (κ3) is 0.910. The van der Waals surface area contributed by atoms with Gasteiger partial charge in [0.15, 0.2) is 5.78 Å². The van der Waals surface area contributed by atoms with Crippen molar-refractivity contribution in [1.82, 2.24) is 10.2 Å². The lowest BCUT2D eigenvalue weighted by Gasteiger charge is -1.84. The summed E-state index contributed by atoms with van der Waals surface area (Å²) >= 11 is 0. The molecule has 0 radical (unpaired) electrons. The monoisotopic (exact) mass is 126 g/mol. The number of aromatic nitrogens is 2. The van der Waals surface area contributed by atoms with Crippen LogP contribution in [0.15, 0.2) is 6.20 Å². The normalized spacial score (nSPS) is 9.44. The van der Waals surface area contributed by atoms with Gasteiger partial charge in [0.25, 0.3) is 0 Å². The van der Waals surface area contributed by atoms with Crippen molar-refractivity contribution in [3.05, 3.63) is 11.8 Å². The number of hydrogen-bond donors (Lipinski definition) is 2. The Morgan fingerprint density at radius 2 is 2.56 bits per heavy atom. The minimum atomic E-state index is -0.234. The molecule has 4 heteroatoms. The second-order valence-corrected chi connectivity index (χ2v) is 1.68. The molecule has 2 N–H and O–H groups in total. The fourth-order valence-electron chi connectivity index (χ4n) is 0.542. The zero-order valence-electron chi connectivity index (χ0n) is 4.88. The minimum absolute atomic E-state index is 0.193. The average molecular weight is 126 g/mol. The molecule has 0 aliphatic carbocycles. The Bertz CT molecular complexity index is 229. The molecule has 1 aromatic heterocycles. The fraction of sp³-hybridized carbons (Fsp3) is 0.200. The lowest BCUT2D eigenvalue weighted by Crippen LogP contribution is -1.87. The third-order valence-corrected chi connectivity index (χ3v) is 1.000. The Balaban J connectivity index is 3.08. The van der Waals surface area contributed by atoms with Crippen LogP contribution >= 0.6 is 0 Å². The van der Waals surface area contributed by atoms with Gasteiger partial charge in [-0.15, -0.1) is 5.10 Å². The first-order chi connectivity index (χ1) is 4.22. The quantitative estimate of drug-likeness (QED) is 0.532. The summed E-state index contributed by atoms with van der Waals surface area (Å²) in [6.45, 7) is 1.37. The van der Waals surface area contributed by atoms with Crippen LogP contribution in [0.5, 0.6) is 5.88 Å². The molecule has 0 unspecified atom stereocenters. The van der Waals surface area contributed by atoms with Gasteiger partial charge >= 0.3 is 0 Å². The molecular formula is C5H6N2O2. The highest BCUT2D eigenvalue weighted by atomic mass is 16.3. The smallest absolute Gasteiger partial charge is 0.241 e. The maximum absolute atomic E-state index is 10.5. The van der Waals surface area contributed by atoms with Crippen molar-refractivity contribution in [3.8, 4) is 5.88 Å². The zero-order chi connectivity index (χ0) is 6.85. The third-order valence-electron chi connectivity index (χ3n) is 1.000. The number of aromatic hydroxyl groups is 1. The van der Waals surface area contributed by atoms with E-state index in [1.54, 1.807) is 0 Å². The number of Topliss-reactive ketones (excluding diaryl/α,β-unsaturated/α-hetero) is 1. The van der Waals surface area contributed by atoms with Gasteiger partial charge in [-0.3, -0.25) is 9.89 Å². The van der Waals surface area contributed by atoms with Gasteiger partial charge in [-0.25, -0.2) is 0 Å². The van der Waals surface area contributed by atoms with Crippen LogP contribution < -0.4 is 0 Å². The molecule has 0 fully saturated rings. The predicted molar refractivity (Wildman–Crippen MR) is 30.3 cm³/mol.